The van der Waals surface area contributed by atoms with Gasteiger partial charge < -0.3 is 14.5 Å². The van der Waals surface area contributed by atoms with Crippen LogP contribution in [-0.4, -0.2) is 74.9 Å². The van der Waals surface area contributed by atoms with Gasteiger partial charge >= 0.3 is 0 Å². The summed E-state index contributed by atoms with van der Waals surface area (Å²) in [5, 5.41) is 9.59. The van der Waals surface area contributed by atoms with E-state index < -0.39 is 0 Å². The number of hydrogen-bond acceptors (Lipinski definition) is 6. The normalized spacial score (nSPS) is 15.0. The number of ether oxygens (including phenoxy) is 1. The van der Waals surface area contributed by atoms with Crippen molar-refractivity contribution in [1.29, 1.82) is 0 Å². The average Bonchev–Trinajstić information content (AvgIpc) is 3.48. The summed E-state index contributed by atoms with van der Waals surface area (Å²) in [4.78, 5) is 30.4. The zero-order chi connectivity index (χ0) is 30.2. The Labute approximate surface area is 258 Å². The first-order valence-corrected chi connectivity index (χ1v) is 15.9. The van der Waals surface area contributed by atoms with Gasteiger partial charge in [-0.25, -0.2) is 0 Å². The SMILES string of the molecule is CCCCCc1ccc(C(=O)N2CCN(C(=O)CSc3nnc(-c4cccc(OC)c4)n3-c3ccccc3)CC2C)cc1. The van der Waals surface area contributed by atoms with Crippen molar-refractivity contribution < 1.29 is 14.3 Å². The summed E-state index contributed by atoms with van der Waals surface area (Å²) in [5.41, 5.74) is 3.75. The Morgan fingerprint density at radius 2 is 1.74 bits per heavy atom. The van der Waals surface area contributed by atoms with Gasteiger partial charge in [-0.15, -0.1) is 10.2 Å². The van der Waals surface area contributed by atoms with Gasteiger partial charge in [-0.3, -0.25) is 14.2 Å². The Kier molecular flexibility index (Phi) is 10.1. The van der Waals surface area contributed by atoms with Gasteiger partial charge in [0.25, 0.3) is 5.91 Å². The molecule has 1 aliphatic rings. The van der Waals surface area contributed by atoms with E-state index in [1.807, 2.05) is 88.0 Å². The van der Waals surface area contributed by atoms with Crippen LogP contribution in [0.2, 0.25) is 0 Å². The van der Waals surface area contributed by atoms with Crippen molar-refractivity contribution in [2.24, 2.45) is 0 Å². The second kappa shape index (κ2) is 14.4. The number of hydrogen-bond donors (Lipinski definition) is 0. The number of benzene rings is 3. The number of amides is 2. The maximum atomic E-state index is 13.3. The van der Waals surface area contributed by atoms with Gasteiger partial charge in [0, 0.05) is 42.5 Å². The number of aryl methyl sites for hydroxylation is 1. The van der Waals surface area contributed by atoms with Crippen LogP contribution in [0.5, 0.6) is 5.75 Å². The van der Waals surface area contributed by atoms with E-state index >= 15 is 0 Å². The molecule has 0 radical (unpaired) electrons. The van der Waals surface area contributed by atoms with Crippen molar-refractivity contribution in [1.82, 2.24) is 24.6 Å². The highest BCUT2D eigenvalue weighted by Gasteiger charge is 2.30. The lowest BCUT2D eigenvalue weighted by Crippen LogP contribution is -2.55. The number of aromatic nitrogens is 3. The van der Waals surface area contributed by atoms with Gasteiger partial charge in [0.15, 0.2) is 11.0 Å². The smallest absolute Gasteiger partial charge is 0.254 e. The van der Waals surface area contributed by atoms with E-state index in [0.29, 0.717) is 36.2 Å². The highest BCUT2D eigenvalue weighted by Crippen LogP contribution is 2.30. The van der Waals surface area contributed by atoms with Crippen LogP contribution in [-0.2, 0) is 11.2 Å². The second-order valence-electron chi connectivity index (χ2n) is 10.8. The first kappa shape index (κ1) is 30.4. The number of para-hydroxylation sites is 1. The molecule has 0 aliphatic carbocycles. The Hall–Kier alpha value is -4.11. The largest absolute Gasteiger partial charge is 0.497 e. The molecule has 1 atom stereocenters. The van der Waals surface area contributed by atoms with Gasteiger partial charge in [-0.1, -0.05) is 74.0 Å². The topological polar surface area (TPSA) is 80.6 Å². The molecule has 224 valence electrons. The highest BCUT2D eigenvalue weighted by atomic mass is 32.2. The number of rotatable bonds is 11. The van der Waals surface area contributed by atoms with Crippen LogP contribution in [0.15, 0.2) is 84.0 Å². The Bertz CT molecular complexity index is 1520. The molecule has 9 heteroatoms. The van der Waals surface area contributed by atoms with E-state index in [-0.39, 0.29) is 23.6 Å². The van der Waals surface area contributed by atoms with Crippen molar-refractivity contribution in [2.45, 2.75) is 50.7 Å². The van der Waals surface area contributed by atoms with Crippen LogP contribution in [0, 0.1) is 0 Å². The fraction of sp³-hybridized carbons (Fsp3) is 0.353. The summed E-state index contributed by atoms with van der Waals surface area (Å²) < 4.78 is 7.39. The molecule has 0 spiro atoms. The first-order chi connectivity index (χ1) is 21.0. The van der Waals surface area contributed by atoms with Crippen molar-refractivity contribution in [3.8, 4) is 22.8 Å². The zero-order valence-corrected chi connectivity index (χ0v) is 25.9. The Morgan fingerprint density at radius 1 is 0.953 bits per heavy atom. The molecule has 1 unspecified atom stereocenters. The summed E-state index contributed by atoms with van der Waals surface area (Å²) in [6, 6.07) is 25.5. The number of unbranched alkanes of at least 4 members (excludes halogenated alkanes) is 2. The molecule has 1 fully saturated rings. The summed E-state index contributed by atoms with van der Waals surface area (Å²) in [5.74, 6) is 1.68. The Morgan fingerprint density at radius 3 is 2.47 bits per heavy atom. The molecule has 1 aromatic heterocycles. The summed E-state index contributed by atoms with van der Waals surface area (Å²) >= 11 is 1.37. The van der Waals surface area contributed by atoms with Crippen LogP contribution < -0.4 is 4.74 Å². The molecule has 0 N–H and O–H groups in total. The van der Waals surface area contributed by atoms with Crippen LogP contribution in [0.25, 0.3) is 17.1 Å². The molecule has 0 saturated carbocycles. The number of carbonyl (C=O) groups excluding carboxylic acids is 2. The van der Waals surface area contributed by atoms with E-state index in [2.05, 4.69) is 29.3 Å². The maximum Gasteiger partial charge on any atom is 0.254 e. The van der Waals surface area contributed by atoms with Crippen LogP contribution in [0.1, 0.15) is 49.0 Å². The van der Waals surface area contributed by atoms with E-state index in [0.717, 1.165) is 23.4 Å². The summed E-state index contributed by atoms with van der Waals surface area (Å²) in [6.07, 6.45) is 4.63. The fourth-order valence-corrected chi connectivity index (χ4v) is 6.24. The maximum absolute atomic E-state index is 13.3. The molecule has 2 heterocycles. The van der Waals surface area contributed by atoms with Gasteiger partial charge in [0.05, 0.1) is 12.9 Å². The number of methoxy groups -OCH3 is 1. The molecule has 2 amide bonds. The van der Waals surface area contributed by atoms with E-state index in [4.69, 9.17) is 4.74 Å². The van der Waals surface area contributed by atoms with Crippen LogP contribution in [0.3, 0.4) is 0 Å². The minimum Gasteiger partial charge on any atom is -0.497 e. The van der Waals surface area contributed by atoms with Crippen molar-refractivity contribution in [2.75, 3.05) is 32.5 Å². The van der Waals surface area contributed by atoms with Gasteiger partial charge in [0.1, 0.15) is 5.75 Å². The lowest BCUT2D eigenvalue weighted by atomic mass is 10.0. The number of carbonyl (C=O) groups is 2. The predicted molar refractivity (Wildman–Crippen MR) is 171 cm³/mol. The minimum atomic E-state index is -0.0768. The van der Waals surface area contributed by atoms with Gasteiger partial charge in [-0.2, -0.15) is 0 Å². The second-order valence-corrected chi connectivity index (χ2v) is 11.8. The number of thioether (sulfide) groups is 1. The quantitative estimate of drug-likeness (QED) is 0.153. The van der Waals surface area contributed by atoms with E-state index in [1.165, 1.54) is 36.6 Å². The minimum absolute atomic E-state index is 0.0194. The molecular weight excluding hydrogens is 558 g/mol. The summed E-state index contributed by atoms with van der Waals surface area (Å²) in [6.45, 7) is 5.73. The lowest BCUT2D eigenvalue weighted by molar-refractivity contribution is -0.130. The third-order valence-corrected chi connectivity index (χ3v) is 8.73. The van der Waals surface area contributed by atoms with Crippen LogP contribution in [0.4, 0.5) is 0 Å². The number of nitrogens with zero attached hydrogens (tertiary/aromatic N) is 5. The fourth-order valence-electron chi connectivity index (χ4n) is 5.38. The molecule has 5 rings (SSSR count). The van der Waals surface area contributed by atoms with Gasteiger partial charge in [0.2, 0.25) is 5.91 Å². The molecule has 4 aromatic rings. The van der Waals surface area contributed by atoms with Crippen molar-refractivity contribution >= 4 is 23.6 Å². The Balaban J connectivity index is 1.22. The molecule has 43 heavy (non-hydrogen) atoms. The molecule has 1 saturated heterocycles. The van der Waals surface area contributed by atoms with Crippen molar-refractivity contribution in [3.05, 3.63) is 90.0 Å². The molecule has 3 aromatic carbocycles. The molecule has 0 bridgehead atoms. The standard InChI is InChI=1S/C34H39N5O3S/c1-4-5-7-11-26-16-18-27(19-17-26)33(41)38-21-20-37(23-25(38)2)31(40)24-43-34-36-35-32(28-12-10-15-30(22-28)42-3)39(34)29-13-8-6-9-14-29/h6,8-10,12-19,22,25H,4-5,7,11,20-21,23-24H2,1-3H3. The lowest BCUT2D eigenvalue weighted by Gasteiger charge is -2.40. The molecule has 1 aliphatic heterocycles. The van der Waals surface area contributed by atoms with E-state index in [1.54, 1.807) is 7.11 Å². The first-order valence-electron chi connectivity index (χ1n) is 14.9. The van der Waals surface area contributed by atoms with Crippen molar-refractivity contribution in [3.63, 3.8) is 0 Å². The average molecular weight is 598 g/mol. The summed E-state index contributed by atoms with van der Waals surface area (Å²) in [7, 11) is 1.64. The predicted octanol–water partition coefficient (Wildman–Crippen LogP) is 6.14. The van der Waals surface area contributed by atoms with Crippen LogP contribution >= 0.6 is 11.8 Å². The highest BCUT2D eigenvalue weighted by molar-refractivity contribution is 7.99. The zero-order valence-electron chi connectivity index (χ0n) is 25.1. The third kappa shape index (κ3) is 7.28. The molecule has 8 nitrogen and oxygen atoms in total. The third-order valence-electron chi connectivity index (χ3n) is 7.81. The molecular formula is C34H39N5O3S. The number of piperazine rings is 1. The van der Waals surface area contributed by atoms with E-state index in [9.17, 15) is 9.59 Å². The monoisotopic (exact) mass is 597 g/mol. The van der Waals surface area contributed by atoms with Gasteiger partial charge in [-0.05, 0) is 61.7 Å².